The lowest BCUT2D eigenvalue weighted by Crippen LogP contribution is -2.42. The number of imidazole rings is 1. The van der Waals surface area contributed by atoms with Gasteiger partial charge < -0.3 is 35.0 Å². The fraction of sp³-hybridized carbons (Fsp3) is 0.550. The average molecular weight is 728 g/mol. The Balaban J connectivity index is 1.25. The molecule has 0 radical (unpaired) electrons. The molecule has 2 saturated carbocycles. The Labute approximate surface area is 309 Å². The molecular weight excluding hydrogens is 671 g/mol. The fourth-order valence-corrected chi connectivity index (χ4v) is 7.99. The molecule has 0 spiro atoms. The minimum absolute atomic E-state index is 0.0588. The summed E-state index contributed by atoms with van der Waals surface area (Å²) in [6.07, 6.45) is 14.3. The van der Waals surface area contributed by atoms with Crippen LogP contribution in [0.4, 0.5) is 10.5 Å². The topological polar surface area (TPSA) is 135 Å². The third-order valence-electron chi connectivity index (χ3n) is 10.2. The van der Waals surface area contributed by atoms with E-state index in [-0.39, 0.29) is 24.1 Å². The third kappa shape index (κ3) is 10.0. The van der Waals surface area contributed by atoms with E-state index in [9.17, 15) is 9.59 Å². The van der Waals surface area contributed by atoms with E-state index in [0.717, 1.165) is 65.3 Å². The summed E-state index contributed by atoms with van der Waals surface area (Å²) < 4.78 is 14.0. The standard InChI is InChI=1S/C40H57N7O4Si/c1-40(2,3)51-39(49)45-30-15-13-29(14-16-30)44-35-32-23-34(28-9-7-8-10-28)46-37(32)42-25-33(35)36(50-21-22-52(4,5)6)38(48)43-24-27-11-17-31(18-12-27)47-20-19-41-26-47/h11-12,17-20,23,25-26,28-30,36H,7-10,13-16,21-22,24H2,1-6H3,(H,43,48)(H,45,49)(H2,42,44,46). The highest BCUT2D eigenvalue weighted by Crippen LogP contribution is 2.39. The second-order valence-electron chi connectivity index (χ2n) is 16.8. The molecular formula is C40H57N7O4Si. The summed E-state index contributed by atoms with van der Waals surface area (Å²) in [4.78, 5) is 39.4. The number of nitrogens with one attached hydrogen (secondary N) is 4. The quantitative estimate of drug-likeness (QED) is 0.102. The molecule has 4 N–H and O–H groups in total. The van der Waals surface area contributed by atoms with Gasteiger partial charge in [0, 0.05) is 74.2 Å². The molecule has 0 aliphatic heterocycles. The van der Waals surface area contributed by atoms with Crippen LogP contribution in [0.3, 0.4) is 0 Å². The number of carbonyl (C=O) groups excluding carboxylic acids is 2. The SMILES string of the molecule is CC(C)(C)OC(=O)NC1CCC(Nc2c(C(OCC[Si](C)(C)C)C(=O)NCc3ccc(-n4ccnc4)cc3)cnc3[nH]c(C4CCCC4)cc23)CC1. The molecule has 2 fully saturated rings. The van der Waals surface area contributed by atoms with Crippen molar-refractivity contribution in [2.45, 2.75) is 134 Å². The first-order valence-electron chi connectivity index (χ1n) is 19.1. The molecule has 0 bridgehead atoms. The maximum Gasteiger partial charge on any atom is 0.407 e. The lowest BCUT2D eigenvalue weighted by Gasteiger charge is -2.32. The molecule has 3 heterocycles. The van der Waals surface area contributed by atoms with Gasteiger partial charge in [-0.2, -0.15) is 0 Å². The maximum atomic E-state index is 14.2. The summed E-state index contributed by atoms with van der Waals surface area (Å²) >= 11 is 0. The van der Waals surface area contributed by atoms with Gasteiger partial charge in [-0.15, -0.1) is 0 Å². The van der Waals surface area contributed by atoms with Gasteiger partial charge in [0.2, 0.25) is 0 Å². The van der Waals surface area contributed by atoms with E-state index >= 15 is 0 Å². The minimum Gasteiger partial charge on any atom is -0.444 e. The number of alkyl carbamates (subject to hydrolysis) is 1. The van der Waals surface area contributed by atoms with Gasteiger partial charge in [0.15, 0.2) is 6.10 Å². The summed E-state index contributed by atoms with van der Waals surface area (Å²) in [5, 5.41) is 11.1. The molecule has 2 aliphatic carbocycles. The number of aromatic amines is 1. The van der Waals surface area contributed by atoms with Gasteiger partial charge in [-0.1, -0.05) is 44.6 Å². The number of hydrogen-bond acceptors (Lipinski definition) is 7. The predicted molar refractivity (Wildman–Crippen MR) is 209 cm³/mol. The molecule has 11 nitrogen and oxygen atoms in total. The minimum atomic E-state index is -1.43. The Hall–Kier alpha value is -4.16. The Morgan fingerprint density at radius 2 is 1.73 bits per heavy atom. The number of ether oxygens (including phenoxy) is 2. The largest absolute Gasteiger partial charge is 0.444 e. The summed E-state index contributed by atoms with van der Waals surface area (Å²) in [6, 6.07) is 11.5. The number of carbonyl (C=O) groups is 2. The Kier molecular flexibility index (Phi) is 11.7. The first-order valence-corrected chi connectivity index (χ1v) is 22.8. The molecule has 280 valence electrons. The average Bonchev–Trinajstić information content (AvgIpc) is 3.89. The van der Waals surface area contributed by atoms with Crippen molar-refractivity contribution in [3.63, 3.8) is 0 Å². The van der Waals surface area contributed by atoms with Crippen LogP contribution in [0.25, 0.3) is 16.7 Å². The van der Waals surface area contributed by atoms with Crippen LogP contribution in [0, 0.1) is 0 Å². The maximum absolute atomic E-state index is 14.2. The Morgan fingerprint density at radius 3 is 2.38 bits per heavy atom. The third-order valence-corrected chi connectivity index (χ3v) is 11.9. The van der Waals surface area contributed by atoms with Crippen LogP contribution in [0.2, 0.25) is 25.7 Å². The zero-order valence-electron chi connectivity index (χ0n) is 31.8. The molecule has 2 amide bonds. The highest BCUT2D eigenvalue weighted by Gasteiger charge is 2.31. The van der Waals surface area contributed by atoms with Gasteiger partial charge in [-0.25, -0.2) is 14.8 Å². The molecule has 1 unspecified atom stereocenters. The van der Waals surface area contributed by atoms with Gasteiger partial charge in [0.1, 0.15) is 11.2 Å². The van der Waals surface area contributed by atoms with E-state index in [4.69, 9.17) is 14.5 Å². The van der Waals surface area contributed by atoms with Crippen molar-refractivity contribution in [1.82, 2.24) is 30.2 Å². The van der Waals surface area contributed by atoms with Crippen molar-refractivity contribution in [2.75, 3.05) is 11.9 Å². The van der Waals surface area contributed by atoms with E-state index in [2.05, 4.69) is 51.6 Å². The van der Waals surface area contributed by atoms with Gasteiger partial charge in [0.05, 0.1) is 12.0 Å². The molecule has 1 aromatic carbocycles. The number of hydrogen-bond donors (Lipinski definition) is 4. The molecule has 6 rings (SSSR count). The lowest BCUT2D eigenvalue weighted by molar-refractivity contribution is -0.133. The molecule has 12 heteroatoms. The predicted octanol–water partition coefficient (Wildman–Crippen LogP) is 8.37. The number of anilines is 1. The van der Waals surface area contributed by atoms with Crippen LogP contribution in [-0.4, -0.2) is 63.9 Å². The van der Waals surface area contributed by atoms with Gasteiger partial charge in [0.25, 0.3) is 5.91 Å². The Morgan fingerprint density at radius 1 is 1.02 bits per heavy atom. The van der Waals surface area contributed by atoms with E-state index < -0.39 is 19.8 Å². The summed E-state index contributed by atoms with van der Waals surface area (Å²) in [6.45, 7) is 13.5. The number of amides is 2. The number of rotatable bonds is 13. The highest BCUT2D eigenvalue weighted by atomic mass is 28.3. The number of fused-ring (bicyclic) bond motifs is 1. The van der Waals surface area contributed by atoms with Crippen molar-refractivity contribution in [2.24, 2.45) is 0 Å². The van der Waals surface area contributed by atoms with Crippen LogP contribution in [0.15, 0.2) is 55.2 Å². The Bertz CT molecular complexity index is 1780. The fourth-order valence-electron chi connectivity index (χ4n) is 7.26. The van der Waals surface area contributed by atoms with E-state index in [1.807, 2.05) is 62.0 Å². The molecule has 4 aromatic rings. The summed E-state index contributed by atoms with van der Waals surface area (Å²) in [5.74, 6) is 0.308. The van der Waals surface area contributed by atoms with Crippen LogP contribution in [0.5, 0.6) is 0 Å². The summed E-state index contributed by atoms with van der Waals surface area (Å²) in [7, 11) is -1.43. The molecule has 2 aliphatic rings. The number of pyridine rings is 1. The van der Waals surface area contributed by atoms with E-state index in [1.54, 1.807) is 12.5 Å². The normalized spacial score (nSPS) is 19.0. The van der Waals surface area contributed by atoms with Crippen LogP contribution >= 0.6 is 0 Å². The van der Waals surface area contributed by atoms with Crippen molar-refractivity contribution in [3.8, 4) is 5.69 Å². The van der Waals surface area contributed by atoms with Crippen LogP contribution in [0.1, 0.15) is 101 Å². The van der Waals surface area contributed by atoms with Gasteiger partial charge in [-0.05, 0) is 95.0 Å². The molecule has 0 saturated heterocycles. The van der Waals surface area contributed by atoms with Crippen molar-refractivity contribution in [3.05, 3.63) is 72.1 Å². The monoisotopic (exact) mass is 727 g/mol. The number of nitrogens with zero attached hydrogens (tertiary/aromatic N) is 3. The van der Waals surface area contributed by atoms with Crippen LogP contribution in [-0.2, 0) is 20.8 Å². The first-order chi connectivity index (χ1) is 24.8. The second kappa shape index (κ2) is 16.2. The first kappa shape index (κ1) is 37.6. The zero-order valence-corrected chi connectivity index (χ0v) is 32.8. The van der Waals surface area contributed by atoms with E-state index in [1.165, 1.54) is 31.4 Å². The highest BCUT2D eigenvalue weighted by molar-refractivity contribution is 6.76. The van der Waals surface area contributed by atoms with Crippen molar-refractivity contribution < 1.29 is 19.1 Å². The lowest BCUT2D eigenvalue weighted by atomic mass is 9.90. The second-order valence-corrected chi connectivity index (χ2v) is 22.4. The zero-order chi connectivity index (χ0) is 36.9. The van der Waals surface area contributed by atoms with Gasteiger partial charge in [-0.3, -0.25) is 4.79 Å². The number of H-pyrrole nitrogens is 1. The smallest absolute Gasteiger partial charge is 0.407 e. The number of aromatic nitrogens is 4. The molecule has 1 atom stereocenters. The van der Waals surface area contributed by atoms with E-state index in [0.29, 0.717) is 19.1 Å². The summed E-state index contributed by atoms with van der Waals surface area (Å²) in [5.41, 5.74) is 5.17. The number of benzene rings is 1. The molecule has 52 heavy (non-hydrogen) atoms. The molecule has 3 aromatic heterocycles. The van der Waals surface area contributed by atoms with Crippen LogP contribution < -0.4 is 16.0 Å². The van der Waals surface area contributed by atoms with Gasteiger partial charge >= 0.3 is 6.09 Å². The van der Waals surface area contributed by atoms with Crippen molar-refractivity contribution >= 4 is 36.8 Å². The van der Waals surface area contributed by atoms with Crippen molar-refractivity contribution in [1.29, 1.82) is 0 Å².